The van der Waals surface area contributed by atoms with E-state index in [0.29, 0.717) is 0 Å². The lowest BCUT2D eigenvalue weighted by molar-refractivity contribution is -0.910. The van der Waals surface area contributed by atoms with E-state index in [1.54, 1.807) is 0 Å². The number of quaternary nitrogens is 1. The largest absolute Gasteiger partial charge is 1.00 e. The molecule has 0 saturated carbocycles. The van der Waals surface area contributed by atoms with Crippen LogP contribution in [-0.4, -0.2) is 36.5 Å². The zero-order valence-corrected chi connectivity index (χ0v) is 18.7. The van der Waals surface area contributed by atoms with E-state index in [1.165, 1.54) is 106 Å². The van der Waals surface area contributed by atoms with Crippen molar-refractivity contribution in [3.8, 4) is 0 Å². The SMILES string of the molecule is CCCCCCC[N+](C)(CCCCBr)CCCCCCC.[Br-]. The van der Waals surface area contributed by atoms with E-state index in [1.807, 2.05) is 0 Å². The maximum absolute atomic E-state index is 3.57. The molecule has 0 aromatic heterocycles. The first kappa shape index (κ1) is 25.2. The van der Waals surface area contributed by atoms with E-state index in [4.69, 9.17) is 0 Å². The first-order valence-electron chi connectivity index (χ1n) is 9.58. The molecule has 0 aliphatic heterocycles. The van der Waals surface area contributed by atoms with Gasteiger partial charge in [-0.25, -0.2) is 0 Å². The van der Waals surface area contributed by atoms with Gasteiger partial charge >= 0.3 is 0 Å². The van der Waals surface area contributed by atoms with Gasteiger partial charge in [0.25, 0.3) is 0 Å². The lowest BCUT2D eigenvalue weighted by atomic mass is 10.1. The molecule has 3 heteroatoms. The van der Waals surface area contributed by atoms with E-state index in [0.717, 1.165) is 0 Å². The van der Waals surface area contributed by atoms with Crippen molar-refractivity contribution in [2.24, 2.45) is 0 Å². The van der Waals surface area contributed by atoms with E-state index in [2.05, 4.69) is 36.8 Å². The number of hydrogen-bond donors (Lipinski definition) is 0. The van der Waals surface area contributed by atoms with Crippen molar-refractivity contribution in [2.45, 2.75) is 90.9 Å². The molecule has 1 nitrogen and oxygen atoms in total. The number of halogens is 2. The number of nitrogens with zero attached hydrogens (tertiary/aromatic N) is 1. The summed E-state index contributed by atoms with van der Waals surface area (Å²) >= 11 is 3.57. The Hall–Kier alpha value is 0.920. The van der Waals surface area contributed by atoms with Crippen molar-refractivity contribution in [2.75, 3.05) is 32.0 Å². The van der Waals surface area contributed by atoms with E-state index in [-0.39, 0.29) is 17.0 Å². The third-order valence-electron chi connectivity index (χ3n) is 4.68. The molecule has 0 saturated heterocycles. The molecule has 0 heterocycles. The standard InChI is InChI=1S/C19H41BrN.BrH/c1-4-6-8-10-13-17-21(3,19-15-12-16-20)18-14-11-9-7-5-2;/h4-19H2,1-3H3;1H/q+1;/p-1. The van der Waals surface area contributed by atoms with Crippen molar-refractivity contribution in [3.63, 3.8) is 0 Å². The van der Waals surface area contributed by atoms with Crippen molar-refractivity contribution >= 4 is 15.9 Å². The summed E-state index contributed by atoms with van der Waals surface area (Å²) in [6, 6.07) is 0. The van der Waals surface area contributed by atoms with E-state index in [9.17, 15) is 0 Å². The van der Waals surface area contributed by atoms with Gasteiger partial charge in [0.1, 0.15) is 0 Å². The minimum Gasteiger partial charge on any atom is -1.00 e. The van der Waals surface area contributed by atoms with Crippen LogP contribution in [0.1, 0.15) is 90.9 Å². The first-order valence-corrected chi connectivity index (χ1v) is 10.7. The van der Waals surface area contributed by atoms with Crippen LogP contribution in [0.4, 0.5) is 0 Å². The van der Waals surface area contributed by atoms with Crippen LogP contribution in [0, 0.1) is 0 Å². The second kappa shape index (κ2) is 18.3. The van der Waals surface area contributed by atoms with Crippen LogP contribution >= 0.6 is 15.9 Å². The second-order valence-corrected chi connectivity index (χ2v) is 7.81. The molecule has 0 fully saturated rings. The number of alkyl halides is 1. The average Bonchev–Trinajstić information content (AvgIpc) is 2.47. The van der Waals surface area contributed by atoms with Crippen LogP contribution < -0.4 is 17.0 Å². The number of hydrogen-bond acceptors (Lipinski definition) is 0. The monoisotopic (exact) mass is 441 g/mol. The zero-order valence-electron chi connectivity index (χ0n) is 15.5. The van der Waals surface area contributed by atoms with Crippen LogP contribution in [0.15, 0.2) is 0 Å². The molecule has 0 spiro atoms. The molecule has 22 heavy (non-hydrogen) atoms. The summed E-state index contributed by atoms with van der Waals surface area (Å²) in [5.41, 5.74) is 0. The van der Waals surface area contributed by atoms with Gasteiger partial charge in [0.15, 0.2) is 0 Å². The Labute approximate surface area is 160 Å². The lowest BCUT2D eigenvalue weighted by Gasteiger charge is -2.35. The van der Waals surface area contributed by atoms with Gasteiger partial charge < -0.3 is 21.5 Å². The quantitative estimate of drug-likeness (QED) is 0.195. The molecule has 0 aliphatic rings. The average molecular weight is 443 g/mol. The summed E-state index contributed by atoms with van der Waals surface area (Å²) in [5.74, 6) is 0. The Morgan fingerprint density at radius 1 is 0.591 bits per heavy atom. The van der Waals surface area contributed by atoms with Crippen LogP contribution in [0.3, 0.4) is 0 Å². The van der Waals surface area contributed by atoms with Gasteiger partial charge in [-0.15, -0.1) is 0 Å². The molecular weight excluding hydrogens is 402 g/mol. The normalized spacial score (nSPS) is 11.5. The number of unbranched alkanes of at least 4 members (excludes halogenated alkanes) is 9. The zero-order chi connectivity index (χ0) is 15.8. The fourth-order valence-electron chi connectivity index (χ4n) is 3.12. The highest BCUT2D eigenvalue weighted by Gasteiger charge is 2.19. The highest BCUT2D eigenvalue weighted by molar-refractivity contribution is 9.09. The predicted molar refractivity (Wildman–Crippen MR) is 101 cm³/mol. The third-order valence-corrected chi connectivity index (χ3v) is 5.25. The Morgan fingerprint density at radius 2 is 0.955 bits per heavy atom. The van der Waals surface area contributed by atoms with Crippen LogP contribution in [0.5, 0.6) is 0 Å². The Kier molecular flexibility index (Phi) is 20.9. The lowest BCUT2D eigenvalue weighted by Crippen LogP contribution is -3.00. The minimum absolute atomic E-state index is 0. The van der Waals surface area contributed by atoms with E-state index < -0.39 is 0 Å². The van der Waals surface area contributed by atoms with Gasteiger partial charge in [0.2, 0.25) is 0 Å². The van der Waals surface area contributed by atoms with Gasteiger partial charge in [-0.3, -0.25) is 0 Å². The van der Waals surface area contributed by atoms with Gasteiger partial charge in [-0.05, 0) is 38.5 Å². The molecule has 0 bridgehead atoms. The number of rotatable bonds is 16. The van der Waals surface area contributed by atoms with Crippen molar-refractivity contribution < 1.29 is 21.5 Å². The summed E-state index contributed by atoms with van der Waals surface area (Å²) in [5, 5.41) is 1.17. The van der Waals surface area contributed by atoms with Crippen molar-refractivity contribution in [3.05, 3.63) is 0 Å². The fraction of sp³-hybridized carbons (Fsp3) is 1.00. The second-order valence-electron chi connectivity index (χ2n) is 7.01. The highest BCUT2D eigenvalue weighted by atomic mass is 79.9. The molecule has 0 atom stereocenters. The summed E-state index contributed by atoms with van der Waals surface area (Å²) in [4.78, 5) is 0. The van der Waals surface area contributed by atoms with Crippen molar-refractivity contribution in [1.29, 1.82) is 0 Å². The third kappa shape index (κ3) is 15.8. The molecule has 0 rings (SSSR count). The molecule has 0 aliphatic carbocycles. The Bertz CT molecular complexity index is 196. The maximum Gasteiger partial charge on any atom is 0.0784 e. The first-order chi connectivity index (χ1) is 10.2. The van der Waals surface area contributed by atoms with Crippen LogP contribution in [0.2, 0.25) is 0 Å². The summed E-state index contributed by atoms with van der Waals surface area (Å²) in [6.45, 7) is 8.79. The summed E-state index contributed by atoms with van der Waals surface area (Å²) in [6.07, 6.45) is 16.9. The Morgan fingerprint density at radius 3 is 1.32 bits per heavy atom. The molecule has 0 amide bonds. The van der Waals surface area contributed by atoms with Crippen LogP contribution in [0.25, 0.3) is 0 Å². The van der Waals surface area contributed by atoms with Crippen LogP contribution in [-0.2, 0) is 0 Å². The van der Waals surface area contributed by atoms with Crippen molar-refractivity contribution in [1.82, 2.24) is 0 Å². The predicted octanol–water partition coefficient (Wildman–Crippen LogP) is 3.55. The minimum atomic E-state index is 0. The van der Waals surface area contributed by atoms with Gasteiger partial charge in [0.05, 0.1) is 26.7 Å². The fourth-order valence-corrected chi connectivity index (χ4v) is 3.51. The van der Waals surface area contributed by atoms with Gasteiger partial charge in [-0.1, -0.05) is 68.3 Å². The summed E-state index contributed by atoms with van der Waals surface area (Å²) in [7, 11) is 2.51. The highest BCUT2D eigenvalue weighted by Crippen LogP contribution is 2.14. The molecule has 0 N–H and O–H groups in total. The maximum atomic E-state index is 3.57. The molecular formula is C19H41Br2N. The van der Waals surface area contributed by atoms with Gasteiger partial charge in [-0.2, -0.15) is 0 Å². The topological polar surface area (TPSA) is 0 Å². The molecule has 0 aromatic rings. The molecule has 0 aromatic carbocycles. The van der Waals surface area contributed by atoms with E-state index >= 15 is 0 Å². The van der Waals surface area contributed by atoms with Gasteiger partial charge in [0, 0.05) is 5.33 Å². The molecule has 0 radical (unpaired) electrons. The molecule has 0 unspecified atom stereocenters. The molecule has 136 valence electrons. The summed E-state index contributed by atoms with van der Waals surface area (Å²) < 4.78 is 1.32. The smallest absolute Gasteiger partial charge is 0.0784 e. The Balaban J connectivity index is 0.